The molecule has 0 atom stereocenters. The molecule has 0 radical (unpaired) electrons. The number of rotatable bonds is 5. The zero-order chi connectivity index (χ0) is 16.8. The number of aryl methyl sites for hydroxylation is 2. The molecule has 1 N–H and O–H groups in total. The molecule has 4 nitrogen and oxygen atoms in total. The summed E-state index contributed by atoms with van der Waals surface area (Å²) in [6.45, 7) is 8.48. The topological polar surface area (TPSA) is 50.7 Å². The molecule has 0 fully saturated rings. The van der Waals surface area contributed by atoms with Crippen molar-refractivity contribution in [1.29, 1.82) is 0 Å². The molecule has 0 aliphatic heterocycles. The Morgan fingerprint density at radius 1 is 1.13 bits per heavy atom. The van der Waals surface area contributed by atoms with Gasteiger partial charge in [0.05, 0.1) is 12.3 Å². The summed E-state index contributed by atoms with van der Waals surface area (Å²) >= 11 is 0. The molecule has 1 amide bonds. The van der Waals surface area contributed by atoms with E-state index in [2.05, 4.69) is 28.7 Å². The normalized spacial score (nSPS) is 11.2. The first-order valence-corrected chi connectivity index (χ1v) is 7.66. The van der Waals surface area contributed by atoms with Gasteiger partial charge in [-0.25, -0.2) is 5.43 Å². The fourth-order valence-corrected chi connectivity index (χ4v) is 2.25. The monoisotopic (exact) mass is 310 g/mol. The summed E-state index contributed by atoms with van der Waals surface area (Å²) in [6.07, 6.45) is 0. The van der Waals surface area contributed by atoms with Crippen molar-refractivity contribution in [2.24, 2.45) is 5.10 Å². The van der Waals surface area contributed by atoms with E-state index in [0.717, 1.165) is 28.2 Å². The molecule has 0 aromatic heterocycles. The number of benzene rings is 2. The zero-order valence-corrected chi connectivity index (χ0v) is 14.0. The maximum Gasteiger partial charge on any atom is 0.271 e. The van der Waals surface area contributed by atoms with E-state index in [-0.39, 0.29) is 5.91 Å². The lowest BCUT2D eigenvalue weighted by Gasteiger charge is -2.08. The predicted molar refractivity (Wildman–Crippen MR) is 93.2 cm³/mol. The van der Waals surface area contributed by atoms with Crippen LogP contribution in [0.15, 0.2) is 47.6 Å². The van der Waals surface area contributed by atoms with Crippen LogP contribution in [0.2, 0.25) is 0 Å². The third kappa shape index (κ3) is 4.42. The summed E-state index contributed by atoms with van der Waals surface area (Å²) in [5, 5.41) is 4.22. The first-order valence-electron chi connectivity index (χ1n) is 7.66. The van der Waals surface area contributed by atoms with E-state index in [1.165, 1.54) is 0 Å². The Morgan fingerprint density at radius 2 is 1.83 bits per heavy atom. The molecule has 0 heterocycles. The second kappa shape index (κ2) is 7.58. The van der Waals surface area contributed by atoms with Gasteiger partial charge in [-0.15, -0.1) is 0 Å². The number of carbonyl (C=O) groups excluding carboxylic acids is 1. The number of hydrazone groups is 1. The van der Waals surface area contributed by atoms with Gasteiger partial charge in [0.1, 0.15) is 5.75 Å². The van der Waals surface area contributed by atoms with E-state index >= 15 is 0 Å². The molecule has 2 aromatic rings. The molecule has 0 unspecified atom stereocenters. The lowest BCUT2D eigenvalue weighted by atomic mass is 10.0. The molecule has 23 heavy (non-hydrogen) atoms. The Hall–Kier alpha value is -2.62. The minimum Gasteiger partial charge on any atom is -0.494 e. The van der Waals surface area contributed by atoms with Crippen LogP contribution < -0.4 is 10.2 Å². The standard InChI is InChI=1S/C19H22N2O2/c1-5-23-17-10-8-16(9-11-17)19(22)21-20-15(4)18-12-13(2)6-7-14(18)3/h6-12H,5H2,1-4H3,(H,21,22)/b20-15-. The van der Waals surface area contributed by atoms with Gasteiger partial charge in [-0.05, 0) is 63.6 Å². The predicted octanol–water partition coefficient (Wildman–Crippen LogP) is 3.86. The van der Waals surface area contributed by atoms with Crippen molar-refractivity contribution in [3.8, 4) is 5.75 Å². The highest BCUT2D eigenvalue weighted by molar-refractivity contribution is 6.01. The van der Waals surface area contributed by atoms with Crippen molar-refractivity contribution in [3.05, 3.63) is 64.7 Å². The molecule has 0 saturated carbocycles. The zero-order valence-electron chi connectivity index (χ0n) is 14.0. The fraction of sp³-hybridized carbons (Fsp3) is 0.263. The molecule has 0 bridgehead atoms. The van der Waals surface area contributed by atoms with Crippen molar-refractivity contribution < 1.29 is 9.53 Å². The summed E-state index contributed by atoms with van der Waals surface area (Å²) in [6, 6.07) is 13.2. The number of hydrogen-bond donors (Lipinski definition) is 1. The highest BCUT2D eigenvalue weighted by atomic mass is 16.5. The third-order valence-corrected chi connectivity index (χ3v) is 3.54. The van der Waals surface area contributed by atoms with Crippen molar-refractivity contribution >= 4 is 11.6 Å². The number of ether oxygens (including phenoxy) is 1. The first-order chi connectivity index (χ1) is 11.0. The van der Waals surface area contributed by atoms with E-state index in [9.17, 15) is 4.79 Å². The van der Waals surface area contributed by atoms with Gasteiger partial charge in [0.15, 0.2) is 0 Å². The van der Waals surface area contributed by atoms with Crippen molar-refractivity contribution in [2.45, 2.75) is 27.7 Å². The Kier molecular flexibility index (Phi) is 5.52. The van der Waals surface area contributed by atoms with Crippen molar-refractivity contribution in [2.75, 3.05) is 6.61 Å². The maximum absolute atomic E-state index is 12.1. The summed E-state index contributed by atoms with van der Waals surface area (Å²) in [5.74, 6) is 0.511. The molecule has 2 aromatic carbocycles. The summed E-state index contributed by atoms with van der Waals surface area (Å²) in [5.41, 5.74) is 7.27. The quantitative estimate of drug-likeness (QED) is 0.673. The van der Waals surface area contributed by atoms with Crippen LogP contribution in [0.1, 0.15) is 40.9 Å². The van der Waals surface area contributed by atoms with Gasteiger partial charge in [-0.1, -0.05) is 17.7 Å². The van der Waals surface area contributed by atoms with Crippen molar-refractivity contribution in [1.82, 2.24) is 5.43 Å². The Morgan fingerprint density at radius 3 is 2.48 bits per heavy atom. The van der Waals surface area contributed by atoms with Gasteiger partial charge >= 0.3 is 0 Å². The van der Waals surface area contributed by atoms with Gasteiger partial charge in [0.25, 0.3) is 5.91 Å². The molecule has 0 aliphatic rings. The lowest BCUT2D eigenvalue weighted by Crippen LogP contribution is -2.19. The first kappa shape index (κ1) is 16.7. The highest BCUT2D eigenvalue weighted by Gasteiger charge is 2.06. The van der Waals surface area contributed by atoms with E-state index in [1.54, 1.807) is 24.3 Å². The van der Waals surface area contributed by atoms with Crippen LogP contribution in [0.4, 0.5) is 0 Å². The van der Waals surface area contributed by atoms with Crippen LogP contribution in [0.5, 0.6) is 5.75 Å². The van der Waals surface area contributed by atoms with Crippen LogP contribution in [0.3, 0.4) is 0 Å². The van der Waals surface area contributed by atoms with Gasteiger partial charge < -0.3 is 4.74 Å². The van der Waals surface area contributed by atoms with Crippen LogP contribution >= 0.6 is 0 Å². The second-order valence-corrected chi connectivity index (χ2v) is 5.41. The summed E-state index contributed by atoms with van der Waals surface area (Å²) in [7, 11) is 0. The molecule has 0 spiro atoms. The molecule has 120 valence electrons. The second-order valence-electron chi connectivity index (χ2n) is 5.41. The molecule has 4 heteroatoms. The Balaban J connectivity index is 2.09. The largest absolute Gasteiger partial charge is 0.494 e. The average Bonchev–Trinajstić information content (AvgIpc) is 2.55. The molecular formula is C19H22N2O2. The minimum atomic E-state index is -0.238. The van der Waals surface area contributed by atoms with Crippen molar-refractivity contribution in [3.63, 3.8) is 0 Å². The van der Waals surface area contributed by atoms with Gasteiger partial charge in [-0.3, -0.25) is 4.79 Å². The molecule has 0 saturated heterocycles. The molecular weight excluding hydrogens is 288 g/mol. The lowest BCUT2D eigenvalue weighted by molar-refractivity contribution is 0.0955. The van der Waals surface area contributed by atoms with E-state index < -0.39 is 0 Å². The maximum atomic E-state index is 12.1. The number of nitrogens with zero attached hydrogens (tertiary/aromatic N) is 1. The van der Waals surface area contributed by atoms with Crippen LogP contribution in [-0.2, 0) is 0 Å². The molecule has 0 aliphatic carbocycles. The Labute approximate surface area is 137 Å². The smallest absolute Gasteiger partial charge is 0.271 e. The van der Waals surface area contributed by atoms with E-state index in [1.807, 2.05) is 27.7 Å². The van der Waals surface area contributed by atoms with Gasteiger partial charge in [-0.2, -0.15) is 5.10 Å². The van der Waals surface area contributed by atoms with Crippen LogP contribution in [-0.4, -0.2) is 18.2 Å². The van der Waals surface area contributed by atoms with Gasteiger partial charge in [0, 0.05) is 11.1 Å². The van der Waals surface area contributed by atoms with Crippen LogP contribution in [0.25, 0.3) is 0 Å². The van der Waals surface area contributed by atoms with Gasteiger partial charge in [0.2, 0.25) is 0 Å². The van der Waals surface area contributed by atoms with Crippen LogP contribution in [0, 0.1) is 13.8 Å². The number of nitrogens with one attached hydrogen (secondary N) is 1. The third-order valence-electron chi connectivity index (χ3n) is 3.54. The fourth-order valence-electron chi connectivity index (χ4n) is 2.25. The summed E-state index contributed by atoms with van der Waals surface area (Å²) < 4.78 is 5.36. The molecule has 2 rings (SSSR count). The highest BCUT2D eigenvalue weighted by Crippen LogP contribution is 2.13. The number of carbonyl (C=O) groups is 1. The SMILES string of the molecule is CCOc1ccc(C(=O)N/N=C(/C)c2cc(C)ccc2C)cc1. The Bertz CT molecular complexity index is 719. The average molecular weight is 310 g/mol. The number of hydrogen-bond acceptors (Lipinski definition) is 3. The summed E-state index contributed by atoms with van der Waals surface area (Å²) in [4.78, 5) is 12.1. The van der Waals surface area contributed by atoms with E-state index in [0.29, 0.717) is 12.2 Å². The minimum absolute atomic E-state index is 0.238. The number of amides is 1. The van der Waals surface area contributed by atoms with E-state index in [4.69, 9.17) is 4.74 Å².